The number of halogens is 2. The first kappa shape index (κ1) is 54.1. The van der Waals surface area contributed by atoms with Gasteiger partial charge in [0.25, 0.3) is 0 Å². The molecule has 0 radical (unpaired) electrons. The van der Waals surface area contributed by atoms with Crippen LogP contribution in [-0.4, -0.2) is 7.11 Å². The van der Waals surface area contributed by atoms with E-state index in [-0.39, 0.29) is 77.2 Å². The number of allylic oxidation sites excluding steroid dienone is 8. The topological polar surface area (TPSA) is 9.23 Å². The van der Waals surface area contributed by atoms with Crippen LogP contribution in [0.2, 0.25) is 0 Å². The van der Waals surface area contributed by atoms with Crippen LogP contribution in [0.25, 0.3) is 59.8 Å². The monoisotopic (exact) mass is 1060 g/mol. The summed E-state index contributed by atoms with van der Waals surface area (Å²) in [7, 11) is 1.70. The molecule has 0 fully saturated rings. The van der Waals surface area contributed by atoms with Crippen LogP contribution < -0.4 is 4.74 Å². The molecule has 5 heteroatoms. The molecule has 0 N–H and O–H groups in total. The summed E-state index contributed by atoms with van der Waals surface area (Å²) in [6.07, 6.45) is 13.6. The van der Waals surface area contributed by atoms with Gasteiger partial charge in [-0.25, -0.2) is 0 Å². The number of hydrogen-bond donors (Lipinski definition) is 0. The van der Waals surface area contributed by atoms with E-state index >= 15 is 0 Å². The maximum atomic E-state index is 5.24. The Bertz CT molecular complexity index is 3010. The van der Waals surface area contributed by atoms with Crippen molar-refractivity contribution in [1.82, 2.24) is 0 Å². The van der Waals surface area contributed by atoms with Crippen molar-refractivity contribution in [2.45, 2.75) is 48.0 Å². The smallest absolute Gasteiger partial charge is 0.497 e. The second-order valence-electron chi connectivity index (χ2n) is 17.3. The second-order valence-corrected chi connectivity index (χ2v) is 17.3. The Balaban J connectivity index is 0.000000194. The van der Waals surface area contributed by atoms with Gasteiger partial charge in [0.2, 0.25) is 0 Å². The van der Waals surface area contributed by atoms with Crippen molar-refractivity contribution in [2.24, 2.45) is 11.8 Å². The van der Waals surface area contributed by atoms with Crippen LogP contribution in [0.3, 0.4) is 0 Å². The standard InChI is InChI=1S/C20H21O.C18H17.C13H9.C10H9.2ClH.2Zr/c1-14(2)11-15-12-17-5-4-6-19(20(17)13-15)16-7-9-18(21-3)10-8-16;1-12-7-13(2)10-16(9-12)17-6-4-5-15-8-14(3)11-18(15)17;1-3-7-12-10(5-1)9-11-6-2-4-8-13(11)12;1-8-6-9-4-2-3-5-10(9)7-8;;;;/h4-10,13-14,20H,11H2,1-3H3;4-11H,1-3H3;1-9H;2-7H,1H3;2*1H;;/q4*-1;;;2*+2. The number of rotatable bonds is 5. The fourth-order valence-electron chi connectivity index (χ4n) is 8.95. The molecule has 0 spiro atoms. The van der Waals surface area contributed by atoms with Gasteiger partial charge in [-0.2, -0.15) is 41.5 Å². The average Bonchev–Trinajstić information content (AvgIpc) is 4.06. The third-order valence-electron chi connectivity index (χ3n) is 11.7. The van der Waals surface area contributed by atoms with Crippen molar-refractivity contribution in [3.05, 3.63) is 233 Å². The minimum atomic E-state index is 0. The number of fused-ring (bicyclic) bond motifs is 6. The largest absolute Gasteiger partial charge is 2.00 e. The minimum Gasteiger partial charge on any atom is -0.497 e. The fourth-order valence-corrected chi connectivity index (χ4v) is 8.95. The Kier molecular flexibility index (Phi) is 20.5. The zero-order valence-corrected chi connectivity index (χ0v) is 45.5. The Morgan fingerprint density at radius 1 is 0.576 bits per heavy atom. The molecule has 1 atom stereocenters. The summed E-state index contributed by atoms with van der Waals surface area (Å²) in [6.45, 7) is 13.1. The molecule has 0 heterocycles. The predicted octanol–water partition coefficient (Wildman–Crippen LogP) is 17.5. The van der Waals surface area contributed by atoms with Crippen LogP contribution >= 0.6 is 24.8 Å². The molecule has 1 unspecified atom stereocenters. The zero-order valence-electron chi connectivity index (χ0n) is 39.0. The van der Waals surface area contributed by atoms with E-state index in [0.29, 0.717) is 11.8 Å². The molecule has 2 aliphatic carbocycles. The van der Waals surface area contributed by atoms with Crippen LogP contribution in [0.5, 0.6) is 5.75 Å². The molecule has 330 valence electrons. The van der Waals surface area contributed by atoms with Crippen molar-refractivity contribution >= 4 is 73.5 Å². The van der Waals surface area contributed by atoms with E-state index < -0.39 is 0 Å². The molecule has 0 bridgehead atoms. The fraction of sp³-hybridized carbons (Fsp3) is 0.164. The molecular weight excluding hydrogens is 1000 g/mol. The van der Waals surface area contributed by atoms with E-state index in [1.807, 2.05) is 12.1 Å². The quantitative estimate of drug-likeness (QED) is 0.156. The summed E-state index contributed by atoms with van der Waals surface area (Å²) < 4.78 is 5.24. The number of aryl methyl sites for hydroxylation is 4. The summed E-state index contributed by atoms with van der Waals surface area (Å²) in [4.78, 5) is 0. The number of methoxy groups -OCH3 is 1. The summed E-state index contributed by atoms with van der Waals surface area (Å²) >= 11 is 0. The van der Waals surface area contributed by atoms with Crippen LogP contribution in [0.15, 0.2) is 199 Å². The number of hydrogen-bond acceptors (Lipinski definition) is 1. The van der Waals surface area contributed by atoms with E-state index in [0.717, 1.165) is 12.2 Å². The second kappa shape index (κ2) is 25.0. The van der Waals surface area contributed by atoms with Crippen LogP contribution in [-0.2, 0) is 52.4 Å². The Labute approximate surface area is 443 Å². The van der Waals surface area contributed by atoms with Gasteiger partial charge in [0.05, 0.1) is 7.11 Å². The van der Waals surface area contributed by atoms with Gasteiger partial charge in [-0.15, -0.1) is 146 Å². The molecule has 0 aliphatic heterocycles. The summed E-state index contributed by atoms with van der Waals surface area (Å²) in [5.74, 6) is 1.93. The third kappa shape index (κ3) is 13.1. The van der Waals surface area contributed by atoms with Crippen LogP contribution in [0, 0.1) is 45.6 Å². The molecule has 0 saturated carbocycles. The van der Waals surface area contributed by atoms with E-state index in [4.69, 9.17) is 4.74 Å². The number of benzene rings is 6. The summed E-state index contributed by atoms with van der Waals surface area (Å²) in [5.41, 5.74) is 13.2. The molecule has 0 aromatic heterocycles. The molecule has 9 aromatic rings. The first-order valence-electron chi connectivity index (χ1n) is 21.9. The molecular formula is C61H58Cl2OZr2. The van der Waals surface area contributed by atoms with E-state index in [9.17, 15) is 0 Å². The van der Waals surface area contributed by atoms with Crippen molar-refractivity contribution < 1.29 is 57.1 Å². The zero-order chi connectivity index (χ0) is 43.2. The van der Waals surface area contributed by atoms with Gasteiger partial charge in [-0.05, 0) is 60.9 Å². The molecule has 0 saturated heterocycles. The van der Waals surface area contributed by atoms with Gasteiger partial charge in [0.1, 0.15) is 5.75 Å². The summed E-state index contributed by atoms with van der Waals surface area (Å²) in [6, 6.07) is 58.3. The average molecular weight is 1060 g/mol. The van der Waals surface area contributed by atoms with Gasteiger partial charge in [-0.1, -0.05) is 129 Å². The molecule has 2 aliphatic rings. The first-order valence-corrected chi connectivity index (χ1v) is 21.9. The Hall–Kier alpha value is -4.48. The van der Waals surface area contributed by atoms with Crippen molar-refractivity contribution in [1.29, 1.82) is 0 Å². The minimum absolute atomic E-state index is 0. The van der Waals surface area contributed by atoms with Crippen LogP contribution in [0.1, 0.15) is 48.1 Å². The van der Waals surface area contributed by atoms with Gasteiger partial charge in [0.15, 0.2) is 0 Å². The van der Waals surface area contributed by atoms with Crippen molar-refractivity contribution in [3.8, 4) is 16.9 Å². The Morgan fingerprint density at radius 3 is 1.76 bits per heavy atom. The summed E-state index contributed by atoms with van der Waals surface area (Å²) in [5, 5.41) is 10.8. The number of ether oxygens (including phenoxy) is 1. The SMILES string of the molecule is COc1ccc(C2=CC=CC3=[C-]C(CC(C)C)=CC32)cc1.Cc1cc(C)cc(-c2cccc3[cH-]c(C)cc23)c1.Cc1cc2ccccc2[cH-]1.Cl.Cl.[Zr+2].[Zr+2].c1ccc2c(c1)[cH-]c1ccccc12. The Morgan fingerprint density at radius 2 is 1.14 bits per heavy atom. The van der Waals surface area contributed by atoms with Crippen LogP contribution in [0.4, 0.5) is 0 Å². The van der Waals surface area contributed by atoms with Crippen molar-refractivity contribution in [3.63, 3.8) is 0 Å². The maximum absolute atomic E-state index is 5.24. The van der Waals surface area contributed by atoms with Crippen molar-refractivity contribution in [2.75, 3.05) is 7.11 Å². The molecule has 9 aromatic carbocycles. The maximum Gasteiger partial charge on any atom is 2.00 e. The molecule has 66 heavy (non-hydrogen) atoms. The van der Waals surface area contributed by atoms with E-state index in [1.54, 1.807) is 7.11 Å². The van der Waals surface area contributed by atoms with Gasteiger partial charge < -0.3 is 4.74 Å². The molecule has 0 amide bonds. The predicted molar refractivity (Wildman–Crippen MR) is 283 cm³/mol. The van der Waals surface area contributed by atoms with E-state index in [2.05, 4.69) is 224 Å². The normalized spacial score (nSPS) is 13.2. The first-order chi connectivity index (χ1) is 30.1. The molecule has 11 rings (SSSR count). The van der Waals surface area contributed by atoms with E-state index in [1.165, 1.54) is 98.8 Å². The van der Waals surface area contributed by atoms with Gasteiger partial charge in [0, 0.05) is 0 Å². The van der Waals surface area contributed by atoms with Gasteiger partial charge in [-0.3, -0.25) is 0 Å². The third-order valence-corrected chi connectivity index (χ3v) is 11.7. The molecule has 1 nitrogen and oxygen atoms in total. The van der Waals surface area contributed by atoms with Gasteiger partial charge >= 0.3 is 52.4 Å².